The second kappa shape index (κ2) is 9.09. The van der Waals surface area contributed by atoms with Crippen LogP contribution in [0.3, 0.4) is 0 Å². The van der Waals surface area contributed by atoms with Gasteiger partial charge in [-0.05, 0) is 37.5 Å². The third-order valence-electron chi connectivity index (χ3n) is 5.49. The zero-order valence-electron chi connectivity index (χ0n) is 17.1. The van der Waals surface area contributed by atoms with Crippen molar-refractivity contribution in [1.29, 1.82) is 0 Å². The smallest absolute Gasteiger partial charge is 0.358 e. The van der Waals surface area contributed by atoms with Crippen LogP contribution in [-0.2, 0) is 14.3 Å². The first-order valence-electron chi connectivity index (χ1n) is 10.3. The number of piperidine rings is 1. The van der Waals surface area contributed by atoms with E-state index in [0.717, 1.165) is 43.6 Å². The quantitative estimate of drug-likeness (QED) is 0.709. The Morgan fingerprint density at radius 1 is 1.20 bits per heavy atom. The van der Waals surface area contributed by atoms with Crippen molar-refractivity contribution in [2.75, 3.05) is 32.1 Å². The number of ether oxygens (including phenoxy) is 1. The number of carbonyl (C=O) groups is 2. The minimum Gasteiger partial charge on any atom is -0.464 e. The number of rotatable bonds is 6. The second-order valence-electron chi connectivity index (χ2n) is 7.58. The van der Waals surface area contributed by atoms with Gasteiger partial charge >= 0.3 is 5.97 Å². The topological polar surface area (TPSA) is 83.0 Å². The molecule has 0 spiro atoms. The molecule has 3 aliphatic rings. The number of hydrogen-bond donors (Lipinski definition) is 2. The molecule has 1 aliphatic carbocycles. The molecule has 1 aromatic rings. The Labute approximate surface area is 176 Å². The number of nitrogens with zero attached hydrogens (tertiary/aromatic N) is 2. The van der Waals surface area contributed by atoms with Crippen LogP contribution >= 0.6 is 0 Å². The van der Waals surface area contributed by atoms with E-state index in [1.54, 1.807) is 0 Å². The van der Waals surface area contributed by atoms with E-state index in [-0.39, 0.29) is 18.1 Å². The van der Waals surface area contributed by atoms with Crippen molar-refractivity contribution >= 4 is 23.3 Å². The number of para-hydroxylation sites is 1. The molecule has 0 radical (unpaired) electrons. The van der Waals surface area contributed by atoms with Crippen molar-refractivity contribution in [1.82, 2.24) is 10.2 Å². The Hall–Kier alpha value is -3.19. The van der Waals surface area contributed by atoms with E-state index in [2.05, 4.69) is 32.7 Å². The summed E-state index contributed by atoms with van der Waals surface area (Å²) in [6.45, 7) is 1.97. The molecule has 0 unspecified atom stereocenters. The number of methoxy groups -OCH3 is 1. The van der Waals surface area contributed by atoms with E-state index in [9.17, 15) is 9.59 Å². The monoisotopic (exact) mass is 406 g/mol. The lowest BCUT2D eigenvalue weighted by molar-refractivity contribution is -0.136. The van der Waals surface area contributed by atoms with Gasteiger partial charge in [-0.1, -0.05) is 30.4 Å². The summed E-state index contributed by atoms with van der Waals surface area (Å²) in [5.41, 5.74) is 3.21. The number of hydrogen-bond acceptors (Lipinski definition) is 6. The molecule has 0 bridgehead atoms. The molecule has 0 aromatic heterocycles. The van der Waals surface area contributed by atoms with E-state index in [0.29, 0.717) is 17.5 Å². The van der Waals surface area contributed by atoms with Crippen LogP contribution in [-0.4, -0.2) is 55.3 Å². The first-order chi connectivity index (χ1) is 14.6. The highest BCUT2D eigenvalue weighted by molar-refractivity contribution is 6.18. The van der Waals surface area contributed by atoms with Crippen molar-refractivity contribution in [3.8, 4) is 0 Å². The van der Waals surface area contributed by atoms with Gasteiger partial charge < -0.3 is 15.4 Å². The maximum Gasteiger partial charge on any atom is 0.358 e. The van der Waals surface area contributed by atoms with E-state index in [1.807, 2.05) is 36.4 Å². The molecular formula is C23H26N4O3. The van der Waals surface area contributed by atoms with Gasteiger partial charge in [0, 0.05) is 30.4 Å². The second-order valence-corrected chi connectivity index (χ2v) is 7.58. The zero-order chi connectivity index (χ0) is 20.9. The molecule has 7 heteroatoms. The maximum absolute atomic E-state index is 12.7. The Morgan fingerprint density at radius 2 is 1.97 bits per heavy atom. The summed E-state index contributed by atoms with van der Waals surface area (Å²) in [5.74, 6) is -0.693. The first kappa shape index (κ1) is 20.1. The molecule has 156 valence electrons. The number of aliphatic imine (C=N–C) groups is 1. The molecular weight excluding hydrogens is 380 g/mol. The number of anilines is 1. The molecule has 1 saturated heterocycles. The summed E-state index contributed by atoms with van der Waals surface area (Å²) in [6.07, 6.45) is 8.48. The molecule has 0 saturated carbocycles. The largest absolute Gasteiger partial charge is 0.464 e. The molecule has 1 amide bonds. The SMILES string of the molecule is COC(=O)C1=C(NC(=O)CN2CCC(Nc3ccccc3)CC2)C2=CCC=CC2=N1. The number of benzene rings is 1. The molecule has 2 aliphatic heterocycles. The molecule has 1 fully saturated rings. The first-order valence-corrected chi connectivity index (χ1v) is 10.3. The Bertz CT molecular complexity index is 938. The fourth-order valence-electron chi connectivity index (χ4n) is 3.95. The van der Waals surface area contributed by atoms with Crippen LogP contribution in [0, 0.1) is 0 Å². The average Bonchev–Trinajstić information content (AvgIpc) is 3.13. The minimum absolute atomic E-state index is 0.146. The maximum atomic E-state index is 12.7. The van der Waals surface area contributed by atoms with Crippen molar-refractivity contribution in [2.45, 2.75) is 25.3 Å². The summed E-state index contributed by atoms with van der Waals surface area (Å²) in [5, 5.41) is 6.46. The lowest BCUT2D eigenvalue weighted by Gasteiger charge is -2.32. The number of esters is 1. The molecule has 4 rings (SSSR count). The minimum atomic E-state index is -0.547. The highest BCUT2D eigenvalue weighted by Gasteiger charge is 2.30. The lowest BCUT2D eigenvalue weighted by Crippen LogP contribution is -2.44. The van der Waals surface area contributed by atoms with E-state index in [1.165, 1.54) is 7.11 Å². The fraction of sp³-hybridized carbons (Fsp3) is 0.348. The Balaban J connectivity index is 1.32. The molecule has 2 N–H and O–H groups in total. The van der Waals surface area contributed by atoms with Crippen LogP contribution in [0.25, 0.3) is 0 Å². The van der Waals surface area contributed by atoms with Gasteiger partial charge in [-0.2, -0.15) is 0 Å². The van der Waals surface area contributed by atoms with Crippen LogP contribution in [0.5, 0.6) is 0 Å². The van der Waals surface area contributed by atoms with Gasteiger partial charge in [-0.25, -0.2) is 9.79 Å². The predicted octanol–water partition coefficient (Wildman–Crippen LogP) is 2.40. The molecule has 2 heterocycles. The molecule has 1 aromatic carbocycles. The Morgan fingerprint density at radius 3 is 2.70 bits per heavy atom. The van der Waals surface area contributed by atoms with E-state index >= 15 is 0 Å². The molecule has 7 nitrogen and oxygen atoms in total. The fourth-order valence-corrected chi connectivity index (χ4v) is 3.95. The van der Waals surface area contributed by atoms with Crippen LogP contribution in [0.1, 0.15) is 19.3 Å². The van der Waals surface area contributed by atoms with Crippen molar-refractivity contribution in [2.24, 2.45) is 4.99 Å². The van der Waals surface area contributed by atoms with Gasteiger partial charge in [0.2, 0.25) is 5.91 Å². The third-order valence-corrected chi connectivity index (χ3v) is 5.49. The number of carbonyl (C=O) groups excluding carboxylic acids is 2. The average molecular weight is 406 g/mol. The van der Waals surface area contributed by atoms with Crippen molar-refractivity contribution in [3.63, 3.8) is 0 Å². The Kier molecular flexibility index (Phi) is 6.09. The van der Waals surface area contributed by atoms with E-state index < -0.39 is 5.97 Å². The number of nitrogens with one attached hydrogen (secondary N) is 2. The number of fused-ring (bicyclic) bond motifs is 1. The van der Waals surface area contributed by atoms with Crippen molar-refractivity contribution < 1.29 is 14.3 Å². The lowest BCUT2D eigenvalue weighted by atomic mass is 10.0. The standard InChI is InChI=1S/C23H26N4O3/c1-30-23(29)22-21(18-9-5-6-10-19(18)25-22)26-20(28)15-27-13-11-17(12-14-27)24-16-7-3-2-4-8-16/h2-4,6-10,17,24H,5,11-15H2,1H3,(H,26,28). The van der Waals surface area contributed by atoms with Crippen LogP contribution < -0.4 is 10.6 Å². The third kappa shape index (κ3) is 4.52. The summed E-state index contributed by atoms with van der Waals surface area (Å²) in [6, 6.07) is 10.6. The van der Waals surface area contributed by atoms with Gasteiger partial charge in [0.05, 0.1) is 25.1 Å². The highest BCUT2D eigenvalue weighted by atomic mass is 16.5. The predicted molar refractivity (Wildman–Crippen MR) is 116 cm³/mol. The van der Waals surface area contributed by atoms with Crippen LogP contribution in [0.15, 0.2) is 70.5 Å². The summed E-state index contributed by atoms with van der Waals surface area (Å²) >= 11 is 0. The highest BCUT2D eigenvalue weighted by Crippen LogP contribution is 2.28. The van der Waals surface area contributed by atoms with Gasteiger partial charge in [0.1, 0.15) is 0 Å². The summed E-state index contributed by atoms with van der Waals surface area (Å²) < 4.78 is 4.84. The van der Waals surface area contributed by atoms with Crippen LogP contribution in [0.2, 0.25) is 0 Å². The van der Waals surface area contributed by atoms with Gasteiger partial charge in [0.15, 0.2) is 5.70 Å². The normalized spacial score (nSPS) is 19.1. The molecule has 30 heavy (non-hydrogen) atoms. The van der Waals surface area contributed by atoms with Gasteiger partial charge in [-0.15, -0.1) is 0 Å². The number of amides is 1. The number of likely N-dealkylation sites (tertiary alicyclic amines) is 1. The zero-order valence-corrected chi connectivity index (χ0v) is 17.1. The molecule has 0 atom stereocenters. The summed E-state index contributed by atoms with van der Waals surface area (Å²) in [7, 11) is 1.31. The summed E-state index contributed by atoms with van der Waals surface area (Å²) in [4.78, 5) is 31.3. The van der Waals surface area contributed by atoms with Crippen LogP contribution in [0.4, 0.5) is 5.69 Å². The van der Waals surface area contributed by atoms with E-state index in [4.69, 9.17) is 4.74 Å². The van der Waals surface area contributed by atoms with Gasteiger partial charge in [0.25, 0.3) is 0 Å². The van der Waals surface area contributed by atoms with Gasteiger partial charge in [-0.3, -0.25) is 9.69 Å². The number of allylic oxidation sites excluding steroid dienone is 4. The van der Waals surface area contributed by atoms with Crippen molar-refractivity contribution in [3.05, 3.63) is 65.5 Å².